The van der Waals surface area contributed by atoms with Gasteiger partial charge in [0.25, 0.3) is 0 Å². The predicted molar refractivity (Wildman–Crippen MR) is 78.6 cm³/mol. The molecule has 0 aliphatic carbocycles. The smallest absolute Gasteiger partial charge is 0.340 e. The standard InChI is InChI=1S/C14H21N3O3/c1-4-17(5-2)12(18)9-16-11-8-6-7-10(13(11)15)14(19)20-3/h6-8,16H,4-5,9,15H2,1-3H3. The fraction of sp³-hybridized carbons (Fsp3) is 0.429. The maximum atomic E-state index is 11.9. The monoisotopic (exact) mass is 279 g/mol. The van der Waals surface area contributed by atoms with E-state index in [1.54, 1.807) is 23.1 Å². The van der Waals surface area contributed by atoms with Gasteiger partial charge in [0.05, 0.1) is 30.6 Å². The highest BCUT2D eigenvalue weighted by molar-refractivity contribution is 5.98. The average molecular weight is 279 g/mol. The third-order valence-corrected chi connectivity index (χ3v) is 3.06. The first kappa shape index (κ1) is 15.8. The molecule has 0 radical (unpaired) electrons. The van der Waals surface area contributed by atoms with Crippen molar-refractivity contribution in [1.82, 2.24) is 4.90 Å². The number of carbonyl (C=O) groups is 2. The van der Waals surface area contributed by atoms with Crippen molar-refractivity contribution in [2.45, 2.75) is 13.8 Å². The van der Waals surface area contributed by atoms with E-state index in [4.69, 9.17) is 5.73 Å². The van der Waals surface area contributed by atoms with E-state index in [1.165, 1.54) is 7.11 Å². The molecule has 0 saturated carbocycles. The number of methoxy groups -OCH3 is 1. The molecule has 0 aliphatic heterocycles. The Morgan fingerprint density at radius 2 is 1.95 bits per heavy atom. The lowest BCUT2D eigenvalue weighted by Crippen LogP contribution is -2.35. The number of benzene rings is 1. The summed E-state index contributed by atoms with van der Waals surface area (Å²) in [5, 5.41) is 2.96. The Morgan fingerprint density at radius 1 is 1.30 bits per heavy atom. The number of hydrogen-bond acceptors (Lipinski definition) is 5. The maximum absolute atomic E-state index is 11.9. The van der Waals surface area contributed by atoms with Crippen molar-refractivity contribution < 1.29 is 14.3 Å². The Balaban J connectivity index is 2.79. The molecule has 0 bridgehead atoms. The molecule has 0 unspecified atom stereocenters. The van der Waals surface area contributed by atoms with Gasteiger partial charge in [-0.2, -0.15) is 0 Å². The number of hydrogen-bond donors (Lipinski definition) is 2. The van der Waals surface area contributed by atoms with Gasteiger partial charge in [-0.25, -0.2) is 4.79 Å². The molecule has 0 fully saturated rings. The molecule has 20 heavy (non-hydrogen) atoms. The van der Waals surface area contributed by atoms with Crippen LogP contribution in [0.25, 0.3) is 0 Å². The summed E-state index contributed by atoms with van der Waals surface area (Å²) in [6, 6.07) is 4.99. The number of para-hydroxylation sites is 1. The number of nitrogens with two attached hydrogens (primary N) is 1. The number of anilines is 2. The van der Waals surface area contributed by atoms with Gasteiger partial charge in [-0.15, -0.1) is 0 Å². The van der Waals surface area contributed by atoms with Gasteiger partial charge in [0.1, 0.15) is 0 Å². The van der Waals surface area contributed by atoms with Gasteiger partial charge in [0.15, 0.2) is 0 Å². The Morgan fingerprint density at radius 3 is 2.50 bits per heavy atom. The second-order valence-corrected chi connectivity index (χ2v) is 4.18. The van der Waals surface area contributed by atoms with Gasteiger partial charge in [-0.1, -0.05) is 6.07 Å². The van der Waals surface area contributed by atoms with Crippen molar-refractivity contribution in [3.8, 4) is 0 Å². The maximum Gasteiger partial charge on any atom is 0.340 e. The number of esters is 1. The van der Waals surface area contributed by atoms with Gasteiger partial charge in [0.2, 0.25) is 5.91 Å². The summed E-state index contributed by atoms with van der Waals surface area (Å²) in [5.41, 5.74) is 7.02. The number of rotatable bonds is 6. The van der Waals surface area contributed by atoms with Crippen molar-refractivity contribution in [3.05, 3.63) is 23.8 Å². The molecule has 6 nitrogen and oxygen atoms in total. The fourth-order valence-corrected chi connectivity index (χ4v) is 1.87. The van der Waals surface area contributed by atoms with Crippen LogP contribution in [0.2, 0.25) is 0 Å². The minimum Gasteiger partial charge on any atom is -0.465 e. The molecule has 0 spiro atoms. The van der Waals surface area contributed by atoms with Crippen molar-refractivity contribution in [1.29, 1.82) is 0 Å². The van der Waals surface area contributed by atoms with E-state index >= 15 is 0 Å². The Hall–Kier alpha value is -2.24. The van der Waals surface area contributed by atoms with Crippen LogP contribution in [-0.2, 0) is 9.53 Å². The van der Waals surface area contributed by atoms with E-state index in [-0.39, 0.29) is 23.7 Å². The normalized spacial score (nSPS) is 9.95. The van der Waals surface area contributed by atoms with E-state index in [0.29, 0.717) is 18.8 Å². The molecule has 0 saturated heterocycles. The minimum atomic E-state index is -0.499. The van der Waals surface area contributed by atoms with Crippen LogP contribution in [0.5, 0.6) is 0 Å². The molecule has 1 rings (SSSR count). The minimum absolute atomic E-state index is 0.0159. The summed E-state index contributed by atoms with van der Waals surface area (Å²) < 4.78 is 4.65. The quantitative estimate of drug-likeness (QED) is 0.606. The highest BCUT2D eigenvalue weighted by Gasteiger charge is 2.14. The first-order valence-electron chi connectivity index (χ1n) is 6.53. The molecule has 1 amide bonds. The Labute approximate surface area is 118 Å². The zero-order chi connectivity index (χ0) is 15.1. The summed E-state index contributed by atoms with van der Waals surface area (Å²) in [6.45, 7) is 5.31. The highest BCUT2D eigenvalue weighted by atomic mass is 16.5. The zero-order valence-electron chi connectivity index (χ0n) is 12.1. The number of carbonyl (C=O) groups excluding carboxylic acids is 2. The molecule has 0 atom stereocenters. The molecule has 3 N–H and O–H groups in total. The number of ether oxygens (including phenoxy) is 1. The summed E-state index contributed by atoms with van der Waals surface area (Å²) >= 11 is 0. The SMILES string of the molecule is CCN(CC)C(=O)CNc1cccc(C(=O)OC)c1N. The fourth-order valence-electron chi connectivity index (χ4n) is 1.87. The topological polar surface area (TPSA) is 84.7 Å². The van der Waals surface area contributed by atoms with Crippen LogP contribution in [0, 0.1) is 0 Å². The lowest BCUT2D eigenvalue weighted by atomic mass is 10.1. The molecular weight excluding hydrogens is 258 g/mol. The van der Waals surface area contributed by atoms with Crippen molar-refractivity contribution in [3.63, 3.8) is 0 Å². The van der Waals surface area contributed by atoms with Crippen LogP contribution in [0.4, 0.5) is 11.4 Å². The van der Waals surface area contributed by atoms with Crippen LogP contribution >= 0.6 is 0 Å². The first-order valence-corrected chi connectivity index (χ1v) is 6.53. The van der Waals surface area contributed by atoms with Crippen molar-refractivity contribution in [2.75, 3.05) is 37.8 Å². The average Bonchev–Trinajstić information content (AvgIpc) is 2.46. The van der Waals surface area contributed by atoms with Gasteiger partial charge in [0, 0.05) is 13.1 Å². The summed E-state index contributed by atoms with van der Waals surface area (Å²) in [7, 11) is 1.30. The van der Waals surface area contributed by atoms with E-state index < -0.39 is 5.97 Å². The van der Waals surface area contributed by atoms with E-state index in [9.17, 15) is 9.59 Å². The molecule has 0 aromatic heterocycles. The molecule has 6 heteroatoms. The van der Waals surface area contributed by atoms with Crippen LogP contribution < -0.4 is 11.1 Å². The number of nitrogens with zero attached hydrogens (tertiary/aromatic N) is 1. The molecule has 1 aromatic carbocycles. The van der Waals surface area contributed by atoms with Crippen molar-refractivity contribution in [2.24, 2.45) is 0 Å². The first-order chi connectivity index (χ1) is 9.54. The predicted octanol–water partition coefficient (Wildman–Crippen LogP) is 1.34. The second-order valence-electron chi connectivity index (χ2n) is 4.18. The third kappa shape index (κ3) is 3.63. The van der Waals surface area contributed by atoms with Crippen LogP contribution in [0.1, 0.15) is 24.2 Å². The molecule has 110 valence electrons. The molecule has 0 heterocycles. The van der Waals surface area contributed by atoms with E-state index in [2.05, 4.69) is 10.1 Å². The van der Waals surface area contributed by atoms with Crippen molar-refractivity contribution >= 4 is 23.3 Å². The highest BCUT2D eigenvalue weighted by Crippen LogP contribution is 2.23. The number of likely N-dealkylation sites (N-methyl/N-ethyl adjacent to an activating group) is 1. The van der Waals surface area contributed by atoms with Gasteiger partial charge < -0.3 is 20.7 Å². The molecule has 0 aliphatic rings. The van der Waals surface area contributed by atoms with Gasteiger partial charge in [-0.3, -0.25) is 4.79 Å². The zero-order valence-corrected chi connectivity index (χ0v) is 12.1. The van der Waals surface area contributed by atoms with Gasteiger partial charge >= 0.3 is 5.97 Å². The lowest BCUT2D eigenvalue weighted by molar-refractivity contribution is -0.128. The van der Waals surface area contributed by atoms with E-state index in [1.807, 2.05) is 13.8 Å². The van der Waals surface area contributed by atoms with Crippen LogP contribution in [-0.4, -0.2) is 43.5 Å². The Kier molecular flexibility index (Phi) is 5.83. The van der Waals surface area contributed by atoms with Gasteiger partial charge in [-0.05, 0) is 26.0 Å². The third-order valence-electron chi connectivity index (χ3n) is 3.06. The summed E-state index contributed by atoms with van der Waals surface area (Å²) in [5.74, 6) is -0.515. The Bertz CT molecular complexity index is 485. The van der Waals surface area contributed by atoms with Crippen LogP contribution in [0.3, 0.4) is 0 Å². The number of nitrogen functional groups attached to an aromatic ring is 1. The van der Waals surface area contributed by atoms with Crippen LogP contribution in [0.15, 0.2) is 18.2 Å². The largest absolute Gasteiger partial charge is 0.465 e. The summed E-state index contributed by atoms with van der Waals surface area (Å²) in [4.78, 5) is 25.1. The number of nitrogens with one attached hydrogen (secondary N) is 1. The molecular formula is C14H21N3O3. The number of amides is 1. The molecule has 1 aromatic rings. The summed E-state index contributed by atoms with van der Waals surface area (Å²) in [6.07, 6.45) is 0. The van der Waals surface area contributed by atoms with E-state index in [0.717, 1.165) is 0 Å². The lowest BCUT2D eigenvalue weighted by Gasteiger charge is -2.19. The second kappa shape index (κ2) is 7.37.